The van der Waals surface area contributed by atoms with Crippen molar-refractivity contribution in [1.29, 1.82) is 0 Å². The number of carbonyl (C=O) groups excluding carboxylic acids is 1. The summed E-state index contributed by atoms with van der Waals surface area (Å²) in [4.78, 5) is 22.1. The molecule has 1 amide bonds. The topological polar surface area (TPSA) is 113 Å². The number of aryl methyl sites for hydroxylation is 2. The van der Waals surface area contributed by atoms with E-state index in [1.54, 1.807) is 12.1 Å². The summed E-state index contributed by atoms with van der Waals surface area (Å²) in [5, 5.41) is 6.53. The molecule has 3 N–H and O–H groups in total. The van der Waals surface area contributed by atoms with Gasteiger partial charge in [-0.15, -0.1) is 0 Å². The average molecular weight is 506 g/mol. The van der Waals surface area contributed by atoms with E-state index in [1.165, 1.54) is 18.6 Å². The van der Waals surface area contributed by atoms with E-state index in [9.17, 15) is 13.2 Å². The minimum Gasteiger partial charge on any atom is -0.369 e. The molecule has 3 aromatic rings. The molecule has 8 nitrogen and oxygen atoms in total. The molecule has 4 bridgehead atoms. The molecule has 1 fully saturated rings. The Labute approximate surface area is 212 Å². The van der Waals surface area contributed by atoms with Crippen molar-refractivity contribution in [1.82, 2.24) is 15.3 Å². The summed E-state index contributed by atoms with van der Waals surface area (Å²) in [5.41, 5.74) is 3.88. The Kier molecular flexibility index (Phi) is 6.42. The predicted molar refractivity (Wildman–Crippen MR) is 141 cm³/mol. The van der Waals surface area contributed by atoms with Gasteiger partial charge in [0.25, 0.3) is 15.9 Å². The maximum absolute atomic E-state index is 13.2. The zero-order valence-corrected chi connectivity index (χ0v) is 21.4. The van der Waals surface area contributed by atoms with Crippen molar-refractivity contribution in [2.45, 2.75) is 50.8 Å². The molecule has 1 aliphatic heterocycles. The summed E-state index contributed by atoms with van der Waals surface area (Å²) < 4.78 is 29.0. The molecule has 0 radical (unpaired) electrons. The largest absolute Gasteiger partial charge is 0.369 e. The first-order chi connectivity index (χ1) is 17.2. The second kappa shape index (κ2) is 9.54. The lowest BCUT2D eigenvalue weighted by Gasteiger charge is -2.38. The van der Waals surface area contributed by atoms with Crippen molar-refractivity contribution in [2.24, 2.45) is 5.41 Å². The van der Waals surface area contributed by atoms with Crippen LogP contribution in [0.3, 0.4) is 0 Å². The molecule has 1 aliphatic carbocycles. The van der Waals surface area contributed by atoms with Crippen molar-refractivity contribution in [3.05, 3.63) is 65.2 Å². The van der Waals surface area contributed by atoms with Crippen LogP contribution in [-0.2, 0) is 10.0 Å². The quantitative estimate of drug-likeness (QED) is 0.443. The van der Waals surface area contributed by atoms with Crippen LogP contribution in [-0.4, -0.2) is 37.4 Å². The zero-order chi connectivity index (χ0) is 25.3. The molecule has 5 rings (SSSR count). The van der Waals surface area contributed by atoms with Gasteiger partial charge >= 0.3 is 0 Å². The van der Waals surface area contributed by atoms with E-state index < -0.39 is 10.0 Å². The summed E-state index contributed by atoms with van der Waals surface area (Å²) in [6, 6.07) is 13.9. The molecular weight excluding hydrogens is 474 g/mol. The number of sulfonamides is 1. The molecule has 9 heteroatoms. The molecule has 0 atom stereocenters. The molecule has 2 aromatic carbocycles. The Morgan fingerprint density at radius 3 is 2.31 bits per heavy atom. The minimum atomic E-state index is -4.02. The molecule has 0 unspecified atom stereocenters. The van der Waals surface area contributed by atoms with Gasteiger partial charge in [-0.1, -0.05) is 43.5 Å². The van der Waals surface area contributed by atoms with E-state index in [4.69, 9.17) is 0 Å². The number of fused-ring (bicyclic) bond motifs is 4. The highest BCUT2D eigenvalue weighted by Gasteiger charge is 2.33. The fraction of sp³-hybridized carbons (Fsp3) is 0.370. The Bertz CT molecular complexity index is 1390. The maximum atomic E-state index is 13.2. The van der Waals surface area contributed by atoms with E-state index in [0.717, 1.165) is 42.4 Å². The van der Waals surface area contributed by atoms with Crippen LogP contribution in [0.4, 0.5) is 11.8 Å². The predicted octanol–water partition coefficient (Wildman–Crippen LogP) is 4.67. The maximum Gasteiger partial charge on any atom is 0.264 e. The average Bonchev–Trinajstić information content (AvgIpc) is 2.86. The lowest BCUT2D eigenvalue weighted by Crippen LogP contribution is -2.43. The second-order valence-electron chi connectivity index (χ2n) is 9.96. The first kappa shape index (κ1) is 24.2. The first-order valence-electron chi connectivity index (χ1n) is 12.4. The number of nitrogens with one attached hydrogen (secondary N) is 3. The van der Waals surface area contributed by atoms with E-state index in [1.807, 2.05) is 38.1 Å². The molecule has 1 spiro atoms. The molecule has 1 aromatic heterocycles. The smallest absolute Gasteiger partial charge is 0.264 e. The van der Waals surface area contributed by atoms with Crippen LogP contribution in [0.2, 0.25) is 0 Å². The van der Waals surface area contributed by atoms with Gasteiger partial charge in [0.05, 0.1) is 10.6 Å². The number of rotatable bonds is 1. The summed E-state index contributed by atoms with van der Waals surface area (Å²) in [5.74, 6) is 0.255. The van der Waals surface area contributed by atoms with Crippen molar-refractivity contribution >= 4 is 27.7 Å². The standard InChI is InChI=1S/C27H31N5O3S/c1-18-8-6-9-19(2)24(18)22-15-23-28-16-27(12-4-3-5-13-27)17-29-25(33)20-10-7-11-21(14-20)36(34,35)32-26(30-22)31-23/h6-11,14-15H,3-5,12-13,16-17H2,1-2H3,(H,29,33)(H2,28,30,31,32). The van der Waals surface area contributed by atoms with Gasteiger partial charge in [-0.05, 0) is 56.0 Å². The third-order valence-corrected chi connectivity index (χ3v) is 8.60. The fourth-order valence-electron chi connectivity index (χ4n) is 5.28. The summed E-state index contributed by atoms with van der Waals surface area (Å²) in [6.07, 6.45) is 5.39. The third kappa shape index (κ3) is 4.93. The second-order valence-corrected chi connectivity index (χ2v) is 11.6. The van der Waals surface area contributed by atoms with Gasteiger partial charge in [-0.2, -0.15) is 4.98 Å². The van der Waals surface area contributed by atoms with E-state index >= 15 is 0 Å². The molecule has 36 heavy (non-hydrogen) atoms. The number of hydrogen-bond donors (Lipinski definition) is 3. The number of amides is 1. The SMILES string of the molecule is Cc1cccc(C)c1-c1cc2nc(n1)NS(=O)(=O)c1cccc(c1)C(=O)NCC1(CCCCC1)CN2. The van der Waals surface area contributed by atoms with E-state index in [-0.39, 0.29) is 22.2 Å². The zero-order valence-electron chi connectivity index (χ0n) is 20.6. The highest BCUT2D eigenvalue weighted by Crippen LogP contribution is 2.37. The normalized spacial score (nSPS) is 18.9. The van der Waals surface area contributed by atoms with Gasteiger partial charge < -0.3 is 10.6 Å². The number of benzene rings is 2. The van der Waals surface area contributed by atoms with Crippen LogP contribution < -0.4 is 15.4 Å². The Hall–Kier alpha value is -3.46. The van der Waals surface area contributed by atoms with Gasteiger partial charge in [-0.3, -0.25) is 4.79 Å². The van der Waals surface area contributed by atoms with Crippen LogP contribution in [0.1, 0.15) is 53.6 Å². The van der Waals surface area contributed by atoms with Gasteiger partial charge in [0.15, 0.2) is 0 Å². The summed E-state index contributed by atoms with van der Waals surface area (Å²) in [7, 11) is -4.02. The minimum absolute atomic E-state index is 0.0118. The monoisotopic (exact) mass is 505 g/mol. The highest BCUT2D eigenvalue weighted by molar-refractivity contribution is 7.92. The van der Waals surface area contributed by atoms with Crippen molar-refractivity contribution in [3.63, 3.8) is 0 Å². The lowest BCUT2D eigenvalue weighted by molar-refractivity contribution is 0.0916. The number of aromatic nitrogens is 2. The van der Waals surface area contributed by atoms with Crippen LogP contribution in [0, 0.1) is 19.3 Å². The van der Waals surface area contributed by atoms with Crippen LogP contribution in [0.5, 0.6) is 0 Å². The Balaban J connectivity index is 1.64. The molecule has 1 saturated carbocycles. The first-order valence-corrected chi connectivity index (χ1v) is 13.8. The Morgan fingerprint density at radius 1 is 0.861 bits per heavy atom. The van der Waals surface area contributed by atoms with Gasteiger partial charge in [-0.25, -0.2) is 18.1 Å². The lowest BCUT2D eigenvalue weighted by atomic mass is 9.73. The summed E-state index contributed by atoms with van der Waals surface area (Å²) in [6.45, 7) is 5.15. The summed E-state index contributed by atoms with van der Waals surface area (Å²) >= 11 is 0. The molecule has 2 heterocycles. The van der Waals surface area contributed by atoms with Gasteiger partial charge in [0.1, 0.15) is 5.82 Å². The highest BCUT2D eigenvalue weighted by atomic mass is 32.2. The van der Waals surface area contributed by atoms with Crippen molar-refractivity contribution in [3.8, 4) is 11.3 Å². The Morgan fingerprint density at radius 2 is 1.56 bits per heavy atom. The van der Waals surface area contributed by atoms with Crippen molar-refractivity contribution in [2.75, 3.05) is 23.1 Å². The molecule has 188 valence electrons. The molecule has 2 aliphatic rings. The van der Waals surface area contributed by atoms with Gasteiger partial charge in [0.2, 0.25) is 5.95 Å². The molecular formula is C27H31N5O3S. The van der Waals surface area contributed by atoms with E-state index in [2.05, 4.69) is 25.3 Å². The van der Waals surface area contributed by atoms with E-state index in [0.29, 0.717) is 30.2 Å². The van der Waals surface area contributed by atoms with Gasteiger partial charge in [0, 0.05) is 35.7 Å². The van der Waals surface area contributed by atoms with Crippen LogP contribution in [0.15, 0.2) is 53.4 Å². The fourth-order valence-corrected chi connectivity index (χ4v) is 6.27. The number of carbonyl (C=O) groups is 1. The van der Waals surface area contributed by atoms with Crippen LogP contribution in [0.25, 0.3) is 11.3 Å². The number of nitrogens with zero attached hydrogens (tertiary/aromatic N) is 2. The number of anilines is 2. The van der Waals surface area contributed by atoms with Crippen LogP contribution >= 0.6 is 0 Å². The van der Waals surface area contributed by atoms with Crippen molar-refractivity contribution < 1.29 is 13.2 Å². The molecule has 0 saturated heterocycles. The number of hydrogen-bond acceptors (Lipinski definition) is 6. The third-order valence-electron chi connectivity index (χ3n) is 7.28.